The normalized spacial score (nSPS) is 13.6. The summed E-state index contributed by atoms with van der Waals surface area (Å²) < 4.78 is 0. The minimum absolute atomic E-state index is 0.149. The third-order valence-corrected chi connectivity index (χ3v) is 2.49. The summed E-state index contributed by atoms with van der Waals surface area (Å²) in [4.78, 5) is 12.8. The second-order valence-electron chi connectivity index (χ2n) is 4.26. The Balaban J connectivity index is 3.92. The maximum atomic E-state index is 10.5. The highest BCUT2D eigenvalue weighted by Gasteiger charge is 2.15. The van der Waals surface area contributed by atoms with Gasteiger partial charge in [-0.25, -0.2) is 0 Å². The van der Waals surface area contributed by atoms with Gasteiger partial charge in [0.1, 0.15) is 0 Å². The molecule has 0 heterocycles. The molecule has 0 aliphatic carbocycles. The van der Waals surface area contributed by atoms with Crippen molar-refractivity contribution in [3.63, 3.8) is 0 Å². The van der Waals surface area contributed by atoms with Crippen LogP contribution in [0.2, 0.25) is 0 Å². The Morgan fingerprint density at radius 1 is 1.36 bits per heavy atom. The minimum atomic E-state index is -0.708. The molecule has 0 saturated carbocycles. The van der Waals surface area contributed by atoms with Crippen LogP contribution < -0.4 is 0 Å². The van der Waals surface area contributed by atoms with Gasteiger partial charge in [0, 0.05) is 6.04 Å². The Labute approximate surface area is 87.1 Å². The Bertz CT molecular complexity index is 169. The summed E-state index contributed by atoms with van der Waals surface area (Å²) in [5, 5.41) is 8.68. The number of hydrogen-bond donors (Lipinski definition) is 1. The molecule has 0 aliphatic heterocycles. The molecule has 0 fully saturated rings. The standard InChI is InChI=1S/C11H23NO2/c1-5-12(7-6-9(2)3)10(4)8-11(13)14/h9-10H,5-8H2,1-4H3,(H,13,14). The highest BCUT2D eigenvalue weighted by atomic mass is 16.4. The van der Waals surface area contributed by atoms with E-state index in [4.69, 9.17) is 5.11 Å². The maximum absolute atomic E-state index is 10.5. The molecule has 0 aromatic rings. The zero-order valence-electron chi connectivity index (χ0n) is 9.79. The molecular formula is C11H23NO2. The third kappa shape index (κ3) is 5.97. The first-order chi connectivity index (χ1) is 6.47. The Kier molecular flexibility index (Phi) is 6.54. The monoisotopic (exact) mass is 201 g/mol. The average Bonchev–Trinajstić information content (AvgIpc) is 2.03. The van der Waals surface area contributed by atoms with Gasteiger partial charge in [0.2, 0.25) is 0 Å². The van der Waals surface area contributed by atoms with Crippen LogP contribution in [0, 0.1) is 5.92 Å². The number of nitrogens with zero attached hydrogens (tertiary/aromatic N) is 1. The van der Waals surface area contributed by atoms with Gasteiger partial charge < -0.3 is 10.0 Å². The molecule has 0 rings (SSSR count). The topological polar surface area (TPSA) is 40.5 Å². The fourth-order valence-corrected chi connectivity index (χ4v) is 1.50. The molecule has 0 spiro atoms. The summed E-state index contributed by atoms with van der Waals surface area (Å²) in [6, 6.07) is 0.149. The van der Waals surface area contributed by atoms with Crippen molar-refractivity contribution in [3.8, 4) is 0 Å². The molecule has 0 aliphatic rings. The lowest BCUT2D eigenvalue weighted by Crippen LogP contribution is -2.35. The zero-order chi connectivity index (χ0) is 11.1. The number of carbonyl (C=O) groups is 1. The molecule has 3 heteroatoms. The van der Waals surface area contributed by atoms with E-state index < -0.39 is 5.97 Å². The van der Waals surface area contributed by atoms with Crippen molar-refractivity contribution >= 4 is 5.97 Å². The summed E-state index contributed by atoms with van der Waals surface area (Å²) >= 11 is 0. The molecule has 0 saturated heterocycles. The molecule has 1 N–H and O–H groups in total. The number of rotatable bonds is 7. The van der Waals surface area contributed by atoms with Gasteiger partial charge in [-0.05, 0) is 32.4 Å². The fraction of sp³-hybridized carbons (Fsp3) is 0.909. The van der Waals surface area contributed by atoms with Crippen LogP contribution in [0.25, 0.3) is 0 Å². The molecule has 0 aromatic carbocycles. The lowest BCUT2D eigenvalue weighted by atomic mass is 10.1. The van der Waals surface area contributed by atoms with Gasteiger partial charge in [-0.2, -0.15) is 0 Å². The van der Waals surface area contributed by atoms with Crippen molar-refractivity contribution in [1.82, 2.24) is 4.90 Å². The summed E-state index contributed by atoms with van der Waals surface area (Å²) in [5.74, 6) is -0.0263. The van der Waals surface area contributed by atoms with Crippen LogP contribution in [-0.4, -0.2) is 35.1 Å². The van der Waals surface area contributed by atoms with E-state index in [9.17, 15) is 4.79 Å². The van der Waals surface area contributed by atoms with Crippen LogP contribution in [0.1, 0.15) is 40.5 Å². The molecule has 1 unspecified atom stereocenters. The van der Waals surface area contributed by atoms with Gasteiger partial charge in [-0.1, -0.05) is 20.8 Å². The molecule has 84 valence electrons. The van der Waals surface area contributed by atoms with Crippen molar-refractivity contribution in [2.45, 2.75) is 46.6 Å². The Morgan fingerprint density at radius 3 is 2.29 bits per heavy atom. The van der Waals surface area contributed by atoms with Gasteiger partial charge in [0.05, 0.1) is 6.42 Å². The van der Waals surface area contributed by atoms with Crippen molar-refractivity contribution < 1.29 is 9.90 Å². The molecular weight excluding hydrogens is 178 g/mol. The highest BCUT2D eigenvalue weighted by Crippen LogP contribution is 2.08. The van der Waals surface area contributed by atoms with Crippen molar-refractivity contribution in [3.05, 3.63) is 0 Å². The molecule has 1 atom stereocenters. The molecule has 0 radical (unpaired) electrons. The second-order valence-corrected chi connectivity index (χ2v) is 4.26. The molecule has 0 bridgehead atoms. The first-order valence-corrected chi connectivity index (χ1v) is 5.43. The quantitative estimate of drug-likeness (QED) is 0.686. The van der Waals surface area contributed by atoms with E-state index in [0.29, 0.717) is 5.92 Å². The van der Waals surface area contributed by atoms with Crippen LogP contribution in [0.15, 0.2) is 0 Å². The van der Waals surface area contributed by atoms with Crippen LogP contribution in [-0.2, 0) is 4.79 Å². The van der Waals surface area contributed by atoms with E-state index in [1.165, 1.54) is 0 Å². The molecule has 0 amide bonds. The predicted molar refractivity (Wildman–Crippen MR) is 58.4 cm³/mol. The number of aliphatic carboxylic acids is 1. The van der Waals surface area contributed by atoms with E-state index in [2.05, 4.69) is 25.7 Å². The van der Waals surface area contributed by atoms with E-state index in [1.54, 1.807) is 0 Å². The second kappa shape index (κ2) is 6.82. The van der Waals surface area contributed by atoms with Crippen LogP contribution >= 0.6 is 0 Å². The average molecular weight is 201 g/mol. The largest absolute Gasteiger partial charge is 0.481 e. The lowest BCUT2D eigenvalue weighted by molar-refractivity contribution is -0.138. The maximum Gasteiger partial charge on any atom is 0.304 e. The Morgan fingerprint density at radius 2 is 1.93 bits per heavy atom. The van der Waals surface area contributed by atoms with Crippen LogP contribution in [0.5, 0.6) is 0 Å². The molecule has 3 nitrogen and oxygen atoms in total. The first kappa shape index (κ1) is 13.4. The van der Waals surface area contributed by atoms with E-state index >= 15 is 0 Å². The number of carboxylic acid groups (broad SMARTS) is 1. The number of carboxylic acids is 1. The molecule has 14 heavy (non-hydrogen) atoms. The fourth-order valence-electron chi connectivity index (χ4n) is 1.50. The van der Waals surface area contributed by atoms with Gasteiger partial charge in [0.15, 0.2) is 0 Å². The van der Waals surface area contributed by atoms with Crippen molar-refractivity contribution in [2.24, 2.45) is 5.92 Å². The smallest absolute Gasteiger partial charge is 0.304 e. The summed E-state index contributed by atoms with van der Waals surface area (Å²) in [5.41, 5.74) is 0. The zero-order valence-corrected chi connectivity index (χ0v) is 9.79. The van der Waals surface area contributed by atoms with Crippen LogP contribution in [0.4, 0.5) is 0 Å². The highest BCUT2D eigenvalue weighted by molar-refractivity contribution is 5.67. The summed E-state index contributed by atoms with van der Waals surface area (Å²) in [6.45, 7) is 10.4. The number of hydrogen-bond acceptors (Lipinski definition) is 2. The summed E-state index contributed by atoms with van der Waals surface area (Å²) in [7, 11) is 0. The van der Waals surface area contributed by atoms with Gasteiger partial charge in [-0.15, -0.1) is 0 Å². The SMILES string of the molecule is CCN(CCC(C)C)C(C)CC(=O)O. The van der Waals surface area contributed by atoms with E-state index in [0.717, 1.165) is 19.5 Å². The first-order valence-electron chi connectivity index (χ1n) is 5.43. The van der Waals surface area contributed by atoms with Crippen molar-refractivity contribution in [2.75, 3.05) is 13.1 Å². The van der Waals surface area contributed by atoms with Crippen LogP contribution in [0.3, 0.4) is 0 Å². The summed E-state index contributed by atoms with van der Waals surface area (Å²) in [6.07, 6.45) is 1.38. The lowest BCUT2D eigenvalue weighted by Gasteiger charge is -2.27. The molecule has 0 aromatic heterocycles. The predicted octanol–water partition coefficient (Wildman–Crippen LogP) is 2.22. The Hall–Kier alpha value is -0.570. The van der Waals surface area contributed by atoms with E-state index in [1.807, 2.05) is 6.92 Å². The van der Waals surface area contributed by atoms with Gasteiger partial charge >= 0.3 is 5.97 Å². The minimum Gasteiger partial charge on any atom is -0.481 e. The van der Waals surface area contributed by atoms with Crippen molar-refractivity contribution in [1.29, 1.82) is 0 Å². The third-order valence-electron chi connectivity index (χ3n) is 2.49. The van der Waals surface area contributed by atoms with Gasteiger partial charge in [0.25, 0.3) is 0 Å². The van der Waals surface area contributed by atoms with Gasteiger partial charge in [-0.3, -0.25) is 4.79 Å². The van der Waals surface area contributed by atoms with E-state index in [-0.39, 0.29) is 12.5 Å².